The first-order valence-electron chi connectivity index (χ1n) is 10.4. The number of nitrogens with zero attached hydrogens (tertiary/aromatic N) is 1. The van der Waals surface area contributed by atoms with Crippen molar-refractivity contribution in [3.05, 3.63) is 70.9 Å². The number of aromatic nitrogens is 1. The largest absolute Gasteiger partial charge is 0.360 e. The number of hydrogen-bond donors (Lipinski definition) is 1. The maximum atomic E-state index is 13.2. The van der Waals surface area contributed by atoms with Gasteiger partial charge in [0.05, 0.1) is 5.56 Å². The van der Waals surface area contributed by atoms with Crippen LogP contribution in [-0.4, -0.2) is 40.4 Å². The maximum Gasteiger partial charge on any atom is 0.254 e. The third kappa shape index (κ3) is 5.04. The molecule has 1 saturated heterocycles. The van der Waals surface area contributed by atoms with E-state index in [0.29, 0.717) is 22.4 Å². The smallest absolute Gasteiger partial charge is 0.254 e. The third-order valence-corrected chi connectivity index (χ3v) is 6.03. The summed E-state index contributed by atoms with van der Waals surface area (Å²) in [6.45, 7) is 4.62. The van der Waals surface area contributed by atoms with Crippen LogP contribution in [0.1, 0.15) is 51.6 Å². The predicted molar refractivity (Wildman–Crippen MR) is 116 cm³/mol. The number of amides is 1. The summed E-state index contributed by atoms with van der Waals surface area (Å²) in [4.78, 5) is 41.9. The van der Waals surface area contributed by atoms with Gasteiger partial charge in [0.1, 0.15) is 0 Å². The molecule has 1 aliphatic rings. The normalized spacial score (nSPS) is 14.3. The van der Waals surface area contributed by atoms with Crippen molar-refractivity contribution in [2.75, 3.05) is 13.1 Å². The summed E-state index contributed by atoms with van der Waals surface area (Å²) in [5.41, 5.74) is 3.85. The van der Waals surface area contributed by atoms with Crippen molar-refractivity contribution in [1.29, 1.82) is 0 Å². The minimum absolute atomic E-state index is 0. The monoisotopic (exact) mass is 490 g/mol. The molecule has 31 heavy (non-hydrogen) atoms. The predicted octanol–water partition coefficient (Wildman–Crippen LogP) is 4.14. The summed E-state index contributed by atoms with van der Waals surface area (Å²) in [5, 5.41) is 0.625. The average molecular weight is 490 g/mol. The van der Waals surface area contributed by atoms with E-state index in [9.17, 15) is 14.4 Å². The van der Waals surface area contributed by atoms with Crippen molar-refractivity contribution in [3.8, 4) is 0 Å². The van der Waals surface area contributed by atoms with Crippen LogP contribution in [0.4, 0.5) is 0 Å². The molecule has 5 nitrogen and oxygen atoms in total. The molecule has 2 heterocycles. The van der Waals surface area contributed by atoms with Gasteiger partial charge in [-0.15, -0.1) is 0 Å². The Morgan fingerprint density at radius 1 is 1.10 bits per heavy atom. The van der Waals surface area contributed by atoms with E-state index in [1.807, 2.05) is 30.0 Å². The van der Waals surface area contributed by atoms with Gasteiger partial charge in [-0.1, -0.05) is 0 Å². The van der Waals surface area contributed by atoms with Crippen LogP contribution in [0.15, 0.2) is 42.6 Å². The van der Waals surface area contributed by atoms with E-state index in [2.05, 4.69) is 23.2 Å². The first-order chi connectivity index (χ1) is 14.4. The SMILES string of the molecule is CC(=O)C(=O)c1c[nH]c2cc(C)c(C(=O)N3CCC(Cc4cc[c-]cc4)CC3)cc12.[Y]. The second-order valence-electron chi connectivity index (χ2n) is 8.15. The summed E-state index contributed by atoms with van der Waals surface area (Å²) in [7, 11) is 0. The summed E-state index contributed by atoms with van der Waals surface area (Å²) < 4.78 is 0. The Labute approximate surface area is 207 Å². The number of aromatic amines is 1. The fourth-order valence-corrected chi connectivity index (χ4v) is 4.29. The van der Waals surface area contributed by atoms with Crippen molar-refractivity contribution in [2.24, 2.45) is 5.92 Å². The van der Waals surface area contributed by atoms with E-state index in [0.717, 1.165) is 43.4 Å². The van der Waals surface area contributed by atoms with Gasteiger partial charge < -0.3 is 9.88 Å². The molecule has 0 atom stereocenters. The van der Waals surface area contributed by atoms with Crippen LogP contribution < -0.4 is 0 Å². The van der Waals surface area contributed by atoms with Gasteiger partial charge in [-0.25, -0.2) is 0 Å². The van der Waals surface area contributed by atoms with Crippen LogP contribution in [0.3, 0.4) is 0 Å². The van der Waals surface area contributed by atoms with Gasteiger partial charge in [-0.05, 0) is 49.8 Å². The number of carbonyl (C=O) groups is 3. The number of aryl methyl sites for hydroxylation is 1. The first-order valence-corrected chi connectivity index (χ1v) is 10.4. The second kappa shape index (κ2) is 10.0. The quantitative estimate of drug-likeness (QED) is 0.332. The molecule has 1 aliphatic heterocycles. The number of fused-ring (bicyclic) bond motifs is 1. The van der Waals surface area contributed by atoms with Gasteiger partial charge in [0.25, 0.3) is 5.91 Å². The number of rotatable bonds is 5. The van der Waals surface area contributed by atoms with E-state index in [-0.39, 0.29) is 38.6 Å². The number of piperidine rings is 1. The molecule has 3 aromatic rings. The van der Waals surface area contributed by atoms with Gasteiger partial charge in [0, 0.05) is 75.4 Å². The molecule has 1 amide bonds. The number of ketones is 2. The van der Waals surface area contributed by atoms with Gasteiger partial charge in [-0.2, -0.15) is 35.9 Å². The molecule has 4 rings (SSSR count). The second-order valence-corrected chi connectivity index (χ2v) is 8.15. The van der Waals surface area contributed by atoms with Crippen LogP contribution in [-0.2, 0) is 43.9 Å². The molecular weight excluding hydrogens is 465 g/mol. The van der Waals surface area contributed by atoms with Gasteiger partial charge in [0.2, 0.25) is 5.78 Å². The molecule has 1 radical (unpaired) electrons. The van der Waals surface area contributed by atoms with E-state index < -0.39 is 11.6 Å². The Morgan fingerprint density at radius 2 is 1.77 bits per heavy atom. The zero-order valence-corrected chi connectivity index (χ0v) is 20.7. The molecule has 157 valence electrons. The van der Waals surface area contributed by atoms with Crippen LogP contribution >= 0.6 is 0 Å². The summed E-state index contributed by atoms with van der Waals surface area (Å²) in [5.74, 6) is -0.486. The number of benzene rings is 2. The number of Topliss-reactive ketones (excluding diaryl/α,β-unsaturated/α-hetero) is 2. The third-order valence-electron chi connectivity index (χ3n) is 6.03. The van der Waals surface area contributed by atoms with Crippen molar-refractivity contribution in [2.45, 2.75) is 33.1 Å². The molecule has 1 N–H and O–H groups in total. The Balaban J connectivity index is 0.00000272. The zero-order valence-electron chi connectivity index (χ0n) is 17.9. The summed E-state index contributed by atoms with van der Waals surface area (Å²) >= 11 is 0. The summed E-state index contributed by atoms with van der Waals surface area (Å²) in [6.07, 6.45) is 4.53. The molecule has 6 heteroatoms. The molecule has 0 bridgehead atoms. The number of nitrogens with one attached hydrogen (secondary N) is 1. The topological polar surface area (TPSA) is 70.2 Å². The number of H-pyrrole nitrogens is 1. The van der Waals surface area contributed by atoms with Crippen molar-refractivity contribution >= 4 is 28.4 Å². The summed E-state index contributed by atoms with van der Waals surface area (Å²) in [6, 6.07) is 14.8. The standard InChI is InChI=1S/C25H25N2O3.Y/c1-16-12-23-21(22(15-26-23)24(29)17(2)28)14-20(16)25(30)27-10-8-19(9-11-27)13-18-6-4-3-5-7-18;/h4-7,12,14-15,19,26H,8-11,13H2,1-2H3;/q-1;. The number of carbonyl (C=O) groups excluding carboxylic acids is 3. The maximum absolute atomic E-state index is 13.2. The minimum atomic E-state index is -0.539. The molecule has 0 unspecified atom stereocenters. The molecule has 2 aromatic carbocycles. The molecule has 0 aliphatic carbocycles. The van der Waals surface area contributed by atoms with E-state index >= 15 is 0 Å². The van der Waals surface area contributed by atoms with Gasteiger partial charge in [-0.3, -0.25) is 14.4 Å². The fourth-order valence-electron chi connectivity index (χ4n) is 4.29. The number of hydrogen-bond acceptors (Lipinski definition) is 3. The van der Waals surface area contributed by atoms with Gasteiger partial charge in [0.15, 0.2) is 5.78 Å². The number of likely N-dealkylation sites (tertiary alicyclic amines) is 1. The molecule has 0 spiro atoms. The Bertz CT molecular complexity index is 1110. The minimum Gasteiger partial charge on any atom is -0.360 e. The molecular formula is C25H25N2O3Y-. The average Bonchev–Trinajstić information content (AvgIpc) is 3.15. The Morgan fingerprint density at radius 3 is 2.42 bits per heavy atom. The van der Waals surface area contributed by atoms with Crippen molar-refractivity contribution in [1.82, 2.24) is 9.88 Å². The van der Waals surface area contributed by atoms with E-state index in [4.69, 9.17) is 0 Å². The Kier molecular flexibility index (Phi) is 7.61. The van der Waals surface area contributed by atoms with Crippen LogP contribution in [0.5, 0.6) is 0 Å². The fraction of sp³-hybridized carbons (Fsp3) is 0.320. The van der Waals surface area contributed by atoms with Crippen LogP contribution in [0, 0.1) is 18.9 Å². The van der Waals surface area contributed by atoms with Crippen LogP contribution in [0.25, 0.3) is 10.9 Å². The molecule has 1 aromatic heterocycles. The van der Waals surface area contributed by atoms with Crippen molar-refractivity contribution < 1.29 is 47.1 Å². The molecule has 1 fully saturated rings. The zero-order chi connectivity index (χ0) is 21.3. The Hall–Kier alpha value is -2.11. The van der Waals surface area contributed by atoms with Crippen molar-refractivity contribution in [3.63, 3.8) is 0 Å². The van der Waals surface area contributed by atoms with E-state index in [1.54, 1.807) is 12.3 Å². The van der Waals surface area contributed by atoms with Gasteiger partial charge >= 0.3 is 0 Å². The first kappa shape index (κ1) is 23.6. The molecule has 0 saturated carbocycles. The van der Waals surface area contributed by atoms with E-state index in [1.165, 1.54) is 12.5 Å². The van der Waals surface area contributed by atoms with Crippen LogP contribution in [0.2, 0.25) is 0 Å².